The molecule has 3 heteroatoms. The molecular weight excluding hydrogens is 195 g/mol. The van der Waals surface area contributed by atoms with Crippen molar-refractivity contribution in [3.8, 4) is 5.75 Å². The van der Waals surface area contributed by atoms with E-state index in [2.05, 4.69) is 0 Å². The minimum atomic E-state index is 0.464. The lowest BCUT2D eigenvalue weighted by molar-refractivity contribution is 0.411. The van der Waals surface area contributed by atoms with Crippen LogP contribution in [0.3, 0.4) is 0 Å². The molecule has 0 aliphatic heterocycles. The number of methoxy groups -OCH3 is 1. The van der Waals surface area contributed by atoms with Crippen molar-refractivity contribution in [2.45, 2.75) is 11.8 Å². The minimum Gasteiger partial charge on any atom is -0.496 e. The van der Waals surface area contributed by atoms with Crippen LogP contribution in [0.1, 0.15) is 11.1 Å². The van der Waals surface area contributed by atoms with Gasteiger partial charge in [0.15, 0.2) is 0 Å². The zero-order chi connectivity index (χ0) is 8.97. The van der Waals surface area contributed by atoms with Gasteiger partial charge in [-0.25, -0.2) is 0 Å². The summed E-state index contributed by atoms with van der Waals surface area (Å²) >= 11 is 11.4. The first-order chi connectivity index (χ1) is 5.81. The van der Waals surface area contributed by atoms with E-state index >= 15 is 0 Å². The van der Waals surface area contributed by atoms with Crippen LogP contribution in [0.5, 0.6) is 5.75 Å². The lowest BCUT2D eigenvalue weighted by atomic mass is 10.1. The second-order valence-electron chi connectivity index (χ2n) is 2.41. The molecule has 0 atom stereocenters. The molecule has 0 aliphatic carbocycles. The van der Waals surface area contributed by atoms with Gasteiger partial charge in [-0.3, -0.25) is 0 Å². The molecule has 0 unspecified atom stereocenters. The van der Waals surface area contributed by atoms with Gasteiger partial charge in [0.25, 0.3) is 0 Å². The Morgan fingerprint density at radius 1 is 1.25 bits per heavy atom. The molecule has 1 nitrogen and oxygen atoms in total. The predicted octanol–water partition coefficient (Wildman–Crippen LogP) is 3.17. The van der Waals surface area contributed by atoms with Crippen molar-refractivity contribution >= 4 is 23.2 Å². The number of alkyl halides is 2. The quantitative estimate of drug-likeness (QED) is 0.688. The third kappa shape index (κ3) is 2.05. The summed E-state index contributed by atoms with van der Waals surface area (Å²) < 4.78 is 5.14. The van der Waals surface area contributed by atoms with E-state index in [1.807, 2.05) is 18.2 Å². The zero-order valence-electron chi connectivity index (χ0n) is 6.81. The zero-order valence-corrected chi connectivity index (χ0v) is 8.32. The monoisotopic (exact) mass is 204 g/mol. The SMILES string of the molecule is COc1cc(CCl)ccc1CCl. The van der Waals surface area contributed by atoms with E-state index in [0.717, 1.165) is 16.9 Å². The van der Waals surface area contributed by atoms with Crippen molar-refractivity contribution < 1.29 is 4.74 Å². The second kappa shape index (κ2) is 4.58. The maximum absolute atomic E-state index is 5.69. The first-order valence-electron chi connectivity index (χ1n) is 3.59. The first-order valence-corrected chi connectivity index (χ1v) is 4.66. The molecule has 0 fully saturated rings. The van der Waals surface area contributed by atoms with Crippen molar-refractivity contribution in [1.82, 2.24) is 0 Å². The third-order valence-corrected chi connectivity index (χ3v) is 2.25. The Bertz CT molecular complexity index is 261. The third-order valence-electron chi connectivity index (χ3n) is 1.65. The molecule has 1 aromatic rings. The number of rotatable bonds is 3. The largest absolute Gasteiger partial charge is 0.496 e. The van der Waals surface area contributed by atoms with E-state index in [0.29, 0.717) is 11.8 Å². The smallest absolute Gasteiger partial charge is 0.123 e. The van der Waals surface area contributed by atoms with Crippen LogP contribution < -0.4 is 4.74 Å². The van der Waals surface area contributed by atoms with Crippen molar-refractivity contribution in [2.24, 2.45) is 0 Å². The lowest BCUT2D eigenvalue weighted by Crippen LogP contribution is -1.90. The van der Waals surface area contributed by atoms with Crippen LogP contribution in [0.2, 0.25) is 0 Å². The Morgan fingerprint density at radius 2 is 2.00 bits per heavy atom. The normalized spacial score (nSPS) is 9.92. The number of halogens is 2. The van der Waals surface area contributed by atoms with Gasteiger partial charge in [0.05, 0.1) is 13.0 Å². The molecule has 1 aromatic carbocycles. The highest BCUT2D eigenvalue weighted by Crippen LogP contribution is 2.22. The fourth-order valence-corrected chi connectivity index (χ4v) is 1.37. The molecule has 12 heavy (non-hydrogen) atoms. The lowest BCUT2D eigenvalue weighted by Gasteiger charge is -2.06. The minimum absolute atomic E-state index is 0.464. The van der Waals surface area contributed by atoms with Crippen LogP contribution in [0.25, 0.3) is 0 Å². The van der Waals surface area contributed by atoms with Gasteiger partial charge in [-0.1, -0.05) is 12.1 Å². The van der Waals surface area contributed by atoms with Gasteiger partial charge >= 0.3 is 0 Å². The maximum atomic E-state index is 5.69. The average Bonchev–Trinajstić information content (AvgIpc) is 2.16. The Morgan fingerprint density at radius 3 is 2.50 bits per heavy atom. The van der Waals surface area contributed by atoms with Crippen LogP contribution in [0.15, 0.2) is 18.2 Å². The van der Waals surface area contributed by atoms with E-state index in [1.165, 1.54) is 0 Å². The van der Waals surface area contributed by atoms with E-state index in [1.54, 1.807) is 7.11 Å². The molecule has 66 valence electrons. The van der Waals surface area contributed by atoms with Gasteiger partial charge in [-0.15, -0.1) is 23.2 Å². The van der Waals surface area contributed by atoms with Gasteiger partial charge < -0.3 is 4.74 Å². The molecule has 1 rings (SSSR count). The van der Waals surface area contributed by atoms with Gasteiger partial charge in [0.2, 0.25) is 0 Å². The summed E-state index contributed by atoms with van der Waals surface area (Å²) in [5.41, 5.74) is 2.04. The summed E-state index contributed by atoms with van der Waals surface area (Å²) in [6, 6.07) is 5.79. The van der Waals surface area contributed by atoms with E-state index in [4.69, 9.17) is 27.9 Å². The van der Waals surface area contributed by atoms with Crippen LogP contribution in [0, 0.1) is 0 Å². The van der Waals surface area contributed by atoms with Crippen LogP contribution in [-0.4, -0.2) is 7.11 Å². The average molecular weight is 205 g/mol. The molecular formula is C9H10Cl2O. The fraction of sp³-hybridized carbons (Fsp3) is 0.333. The number of hydrogen-bond donors (Lipinski definition) is 0. The van der Waals surface area contributed by atoms with Crippen LogP contribution in [-0.2, 0) is 11.8 Å². The van der Waals surface area contributed by atoms with Gasteiger partial charge in [-0.05, 0) is 11.6 Å². The summed E-state index contributed by atoms with van der Waals surface area (Å²) in [7, 11) is 1.63. The summed E-state index contributed by atoms with van der Waals surface area (Å²) in [5.74, 6) is 1.77. The summed E-state index contributed by atoms with van der Waals surface area (Å²) in [5, 5.41) is 0. The molecule has 0 saturated heterocycles. The summed E-state index contributed by atoms with van der Waals surface area (Å²) in [4.78, 5) is 0. The van der Waals surface area contributed by atoms with E-state index in [9.17, 15) is 0 Å². The number of hydrogen-bond acceptors (Lipinski definition) is 1. The summed E-state index contributed by atoms with van der Waals surface area (Å²) in [6.45, 7) is 0. The first kappa shape index (κ1) is 9.69. The molecule has 0 spiro atoms. The highest BCUT2D eigenvalue weighted by atomic mass is 35.5. The van der Waals surface area contributed by atoms with Gasteiger partial charge in [0.1, 0.15) is 5.75 Å². The molecule has 0 bridgehead atoms. The van der Waals surface area contributed by atoms with Crippen molar-refractivity contribution in [3.63, 3.8) is 0 Å². The van der Waals surface area contributed by atoms with E-state index < -0.39 is 0 Å². The molecule has 0 N–H and O–H groups in total. The Labute approximate surface area is 82.2 Å². The van der Waals surface area contributed by atoms with Crippen molar-refractivity contribution in [1.29, 1.82) is 0 Å². The molecule has 0 radical (unpaired) electrons. The second-order valence-corrected chi connectivity index (χ2v) is 2.95. The predicted molar refractivity (Wildman–Crippen MR) is 52.1 cm³/mol. The molecule has 0 aromatic heterocycles. The molecule has 0 saturated carbocycles. The topological polar surface area (TPSA) is 9.23 Å². The fourth-order valence-electron chi connectivity index (χ4n) is 0.982. The van der Waals surface area contributed by atoms with Crippen molar-refractivity contribution in [3.05, 3.63) is 29.3 Å². The molecule has 0 aliphatic rings. The summed E-state index contributed by atoms with van der Waals surface area (Å²) in [6.07, 6.45) is 0. The molecule has 0 amide bonds. The van der Waals surface area contributed by atoms with Crippen LogP contribution in [0.4, 0.5) is 0 Å². The number of benzene rings is 1. The Kier molecular flexibility index (Phi) is 3.70. The highest BCUT2D eigenvalue weighted by molar-refractivity contribution is 6.17. The van der Waals surface area contributed by atoms with Crippen LogP contribution >= 0.6 is 23.2 Å². The van der Waals surface area contributed by atoms with Gasteiger partial charge in [0, 0.05) is 11.4 Å². The Hall–Kier alpha value is -0.400. The number of ether oxygens (including phenoxy) is 1. The molecule has 0 heterocycles. The van der Waals surface area contributed by atoms with Gasteiger partial charge in [-0.2, -0.15) is 0 Å². The standard InChI is InChI=1S/C9H10Cl2O/c1-12-9-4-7(5-10)2-3-8(9)6-11/h2-4H,5-6H2,1H3. The Balaban J connectivity index is 3.02. The van der Waals surface area contributed by atoms with E-state index in [-0.39, 0.29) is 0 Å². The van der Waals surface area contributed by atoms with Crippen molar-refractivity contribution in [2.75, 3.05) is 7.11 Å². The maximum Gasteiger partial charge on any atom is 0.123 e. The highest BCUT2D eigenvalue weighted by Gasteiger charge is 2.01.